The summed E-state index contributed by atoms with van der Waals surface area (Å²) in [5.74, 6) is 0.794. The van der Waals surface area contributed by atoms with Crippen LogP contribution in [0.2, 0.25) is 0 Å². The molecule has 0 heterocycles. The number of rotatable bonds is 6. The van der Waals surface area contributed by atoms with Crippen molar-refractivity contribution in [2.75, 3.05) is 34.2 Å². The van der Waals surface area contributed by atoms with Gasteiger partial charge in [-0.1, -0.05) is 36.4 Å². The maximum absolute atomic E-state index is 4.18. The minimum Gasteiger partial charge on any atom is -0.354 e. The fourth-order valence-corrected chi connectivity index (χ4v) is 1.86. The number of hydrogen-bond donors (Lipinski definition) is 2. The molecule has 1 aromatic carbocycles. The van der Waals surface area contributed by atoms with E-state index < -0.39 is 0 Å². The van der Waals surface area contributed by atoms with Gasteiger partial charge in [0.15, 0.2) is 5.96 Å². The van der Waals surface area contributed by atoms with Crippen molar-refractivity contribution in [3.8, 4) is 0 Å². The van der Waals surface area contributed by atoms with E-state index in [0.717, 1.165) is 12.5 Å². The monoisotopic (exact) mass is 388 g/mol. The quantitative estimate of drug-likeness (QED) is 0.340. The second-order valence-corrected chi connectivity index (χ2v) is 4.51. The van der Waals surface area contributed by atoms with E-state index in [0.29, 0.717) is 12.6 Å². The highest BCUT2D eigenvalue weighted by molar-refractivity contribution is 14.0. The van der Waals surface area contributed by atoms with Gasteiger partial charge in [0, 0.05) is 20.1 Å². The average Bonchev–Trinajstić information content (AvgIpc) is 2.43. The van der Waals surface area contributed by atoms with Crippen molar-refractivity contribution in [3.05, 3.63) is 48.6 Å². The molecule has 0 spiro atoms. The molecule has 1 atom stereocenters. The van der Waals surface area contributed by atoms with E-state index in [-0.39, 0.29) is 24.0 Å². The molecule has 0 aromatic heterocycles. The Balaban J connectivity index is 0.00000361. The molecule has 1 aromatic rings. The third-order valence-electron chi connectivity index (χ3n) is 2.91. The molecule has 0 saturated heterocycles. The second kappa shape index (κ2) is 10.7. The van der Waals surface area contributed by atoms with Gasteiger partial charge < -0.3 is 15.5 Å². The van der Waals surface area contributed by atoms with Crippen molar-refractivity contribution in [3.63, 3.8) is 0 Å². The molecule has 2 N–H and O–H groups in total. The second-order valence-electron chi connectivity index (χ2n) is 4.51. The molecule has 0 saturated carbocycles. The smallest absolute Gasteiger partial charge is 0.191 e. The van der Waals surface area contributed by atoms with E-state index >= 15 is 0 Å². The predicted molar refractivity (Wildman–Crippen MR) is 97.8 cm³/mol. The van der Waals surface area contributed by atoms with Crippen molar-refractivity contribution in [2.45, 2.75) is 6.04 Å². The Morgan fingerprint density at radius 3 is 2.45 bits per heavy atom. The zero-order chi connectivity index (χ0) is 14.1. The highest BCUT2D eigenvalue weighted by Gasteiger charge is 2.13. The lowest BCUT2D eigenvalue weighted by molar-refractivity contribution is 0.298. The zero-order valence-corrected chi connectivity index (χ0v) is 14.8. The predicted octanol–water partition coefficient (Wildman–Crippen LogP) is 2.26. The Morgan fingerprint density at radius 2 is 1.95 bits per heavy atom. The van der Waals surface area contributed by atoms with Crippen LogP contribution >= 0.6 is 24.0 Å². The maximum atomic E-state index is 4.18. The van der Waals surface area contributed by atoms with Gasteiger partial charge in [-0.3, -0.25) is 4.99 Å². The lowest BCUT2D eigenvalue weighted by atomic mass is 10.1. The summed E-state index contributed by atoms with van der Waals surface area (Å²) in [6.07, 6.45) is 1.81. The maximum Gasteiger partial charge on any atom is 0.191 e. The Labute approximate surface area is 139 Å². The van der Waals surface area contributed by atoms with Crippen LogP contribution in [0.4, 0.5) is 0 Å². The van der Waals surface area contributed by atoms with Crippen LogP contribution in [0.5, 0.6) is 0 Å². The van der Waals surface area contributed by atoms with Crippen LogP contribution in [0.25, 0.3) is 0 Å². The molecule has 5 heteroatoms. The molecule has 0 aliphatic heterocycles. The molecule has 1 rings (SSSR count). The lowest BCUT2D eigenvalue weighted by Gasteiger charge is -2.26. The molecule has 0 radical (unpaired) electrons. The van der Waals surface area contributed by atoms with E-state index in [1.54, 1.807) is 7.05 Å². The minimum absolute atomic E-state index is 0. The van der Waals surface area contributed by atoms with Crippen molar-refractivity contribution >= 4 is 29.9 Å². The van der Waals surface area contributed by atoms with E-state index in [4.69, 9.17) is 0 Å². The first-order chi connectivity index (χ1) is 9.19. The van der Waals surface area contributed by atoms with Gasteiger partial charge in [-0.05, 0) is 19.7 Å². The average molecular weight is 388 g/mol. The highest BCUT2D eigenvalue weighted by Crippen LogP contribution is 2.16. The van der Waals surface area contributed by atoms with Gasteiger partial charge in [0.1, 0.15) is 0 Å². The molecule has 1 unspecified atom stereocenters. The van der Waals surface area contributed by atoms with Crippen LogP contribution in [-0.2, 0) is 0 Å². The van der Waals surface area contributed by atoms with Crippen molar-refractivity contribution in [1.82, 2.24) is 15.5 Å². The summed E-state index contributed by atoms with van der Waals surface area (Å²) < 4.78 is 0. The SMILES string of the molecule is C=CCNC(=NC)NCC(c1ccccc1)N(C)C.I. The van der Waals surface area contributed by atoms with Crippen molar-refractivity contribution in [1.29, 1.82) is 0 Å². The van der Waals surface area contributed by atoms with Crippen LogP contribution in [0.1, 0.15) is 11.6 Å². The van der Waals surface area contributed by atoms with E-state index in [2.05, 4.69) is 65.5 Å². The summed E-state index contributed by atoms with van der Waals surface area (Å²) in [5.41, 5.74) is 1.29. The van der Waals surface area contributed by atoms with Crippen LogP contribution < -0.4 is 10.6 Å². The van der Waals surface area contributed by atoms with Gasteiger partial charge >= 0.3 is 0 Å². The lowest BCUT2D eigenvalue weighted by Crippen LogP contribution is -2.41. The zero-order valence-electron chi connectivity index (χ0n) is 12.5. The van der Waals surface area contributed by atoms with Crippen LogP contribution in [0.3, 0.4) is 0 Å². The first kappa shape index (κ1) is 18.9. The number of nitrogens with zero attached hydrogens (tertiary/aromatic N) is 2. The largest absolute Gasteiger partial charge is 0.354 e. The van der Waals surface area contributed by atoms with Gasteiger partial charge in [-0.25, -0.2) is 0 Å². The number of aliphatic imine (C=N–C) groups is 1. The summed E-state index contributed by atoms with van der Waals surface area (Å²) in [5, 5.41) is 6.50. The molecular formula is C15H25IN4. The van der Waals surface area contributed by atoms with Gasteiger partial charge in [0.25, 0.3) is 0 Å². The molecule has 4 nitrogen and oxygen atoms in total. The summed E-state index contributed by atoms with van der Waals surface area (Å²) in [6, 6.07) is 10.8. The number of nitrogens with one attached hydrogen (secondary N) is 2. The first-order valence-electron chi connectivity index (χ1n) is 6.45. The first-order valence-corrected chi connectivity index (χ1v) is 6.45. The third kappa shape index (κ3) is 6.38. The van der Waals surface area contributed by atoms with Crippen LogP contribution in [0, 0.1) is 0 Å². The molecule has 0 aliphatic rings. The number of benzene rings is 1. The van der Waals surface area contributed by atoms with Gasteiger partial charge in [0.2, 0.25) is 0 Å². The Bertz CT molecular complexity index is 404. The fourth-order valence-electron chi connectivity index (χ4n) is 1.86. The summed E-state index contributed by atoms with van der Waals surface area (Å²) in [7, 11) is 5.93. The topological polar surface area (TPSA) is 39.7 Å². The fraction of sp³-hybridized carbons (Fsp3) is 0.400. The Kier molecular flexibility index (Phi) is 10.1. The minimum atomic E-state index is 0. The van der Waals surface area contributed by atoms with Gasteiger partial charge in [-0.2, -0.15) is 0 Å². The Hall–Kier alpha value is -1.08. The molecular weight excluding hydrogens is 363 g/mol. The molecule has 112 valence electrons. The molecule has 20 heavy (non-hydrogen) atoms. The van der Waals surface area contributed by atoms with Crippen LogP contribution in [-0.4, -0.2) is 45.1 Å². The normalized spacial score (nSPS) is 12.5. The van der Waals surface area contributed by atoms with E-state index in [1.165, 1.54) is 5.56 Å². The van der Waals surface area contributed by atoms with Gasteiger partial charge in [-0.15, -0.1) is 30.6 Å². The van der Waals surface area contributed by atoms with Crippen molar-refractivity contribution in [2.24, 2.45) is 4.99 Å². The number of hydrogen-bond acceptors (Lipinski definition) is 2. The van der Waals surface area contributed by atoms with Crippen LogP contribution in [0.15, 0.2) is 48.0 Å². The highest BCUT2D eigenvalue weighted by atomic mass is 127. The number of likely N-dealkylation sites (N-methyl/N-ethyl adjacent to an activating group) is 1. The Morgan fingerprint density at radius 1 is 1.30 bits per heavy atom. The molecule has 0 amide bonds. The van der Waals surface area contributed by atoms with Gasteiger partial charge in [0.05, 0.1) is 6.04 Å². The molecule has 0 bridgehead atoms. The molecule has 0 fully saturated rings. The van der Waals surface area contributed by atoms with E-state index in [9.17, 15) is 0 Å². The van der Waals surface area contributed by atoms with E-state index in [1.807, 2.05) is 12.1 Å². The third-order valence-corrected chi connectivity index (χ3v) is 2.91. The van der Waals surface area contributed by atoms with Crippen molar-refractivity contribution < 1.29 is 0 Å². The number of halogens is 1. The number of guanidine groups is 1. The summed E-state index contributed by atoms with van der Waals surface area (Å²) >= 11 is 0. The summed E-state index contributed by atoms with van der Waals surface area (Å²) in [4.78, 5) is 6.38. The molecule has 0 aliphatic carbocycles. The standard InChI is InChI=1S/C15H24N4.HI/c1-5-11-17-15(16-2)18-12-14(19(3)4)13-9-7-6-8-10-13;/h5-10,14H,1,11-12H2,2-4H3,(H2,16,17,18);1H. The summed E-state index contributed by atoms with van der Waals surface area (Å²) in [6.45, 7) is 5.19.